The Bertz CT molecular complexity index is 324. The normalized spacial score (nSPS) is 20.9. The lowest BCUT2D eigenvalue weighted by Gasteiger charge is -2.20. The zero-order valence-electron chi connectivity index (χ0n) is 9.53. The molecule has 0 amide bonds. The van der Waals surface area contributed by atoms with Crippen molar-refractivity contribution in [3.63, 3.8) is 0 Å². The molecule has 0 aliphatic carbocycles. The van der Waals surface area contributed by atoms with Crippen LogP contribution < -0.4 is 10.2 Å². The van der Waals surface area contributed by atoms with Crippen LogP contribution >= 0.6 is 0 Å². The highest BCUT2D eigenvalue weighted by Crippen LogP contribution is 2.24. The van der Waals surface area contributed by atoms with Gasteiger partial charge < -0.3 is 10.2 Å². The van der Waals surface area contributed by atoms with E-state index in [4.69, 9.17) is 0 Å². The third-order valence-corrected chi connectivity index (χ3v) is 3.10. The van der Waals surface area contributed by atoms with Crippen LogP contribution in [0.2, 0.25) is 0 Å². The third-order valence-electron chi connectivity index (χ3n) is 3.10. The van der Waals surface area contributed by atoms with E-state index in [9.17, 15) is 0 Å². The van der Waals surface area contributed by atoms with E-state index in [2.05, 4.69) is 28.2 Å². The van der Waals surface area contributed by atoms with E-state index < -0.39 is 0 Å². The van der Waals surface area contributed by atoms with Crippen LogP contribution in [0.5, 0.6) is 0 Å². The maximum atomic E-state index is 4.34. The van der Waals surface area contributed by atoms with Crippen molar-refractivity contribution in [1.82, 2.24) is 10.3 Å². The fourth-order valence-corrected chi connectivity index (χ4v) is 2.32. The van der Waals surface area contributed by atoms with Crippen LogP contribution in [0.1, 0.15) is 12.1 Å². The summed E-state index contributed by atoms with van der Waals surface area (Å²) >= 11 is 0. The van der Waals surface area contributed by atoms with Gasteiger partial charge in [0.25, 0.3) is 0 Å². The van der Waals surface area contributed by atoms with Crippen molar-refractivity contribution in [1.29, 1.82) is 0 Å². The van der Waals surface area contributed by atoms with E-state index >= 15 is 0 Å². The molecule has 1 saturated heterocycles. The number of anilines is 1. The predicted octanol–water partition coefficient (Wildman–Crippen LogP) is 1.44. The van der Waals surface area contributed by atoms with Gasteiger partial charge >= 0.3 is 0 Å². The van der Waals surface area contributed by atoms with Crippen molar-refractivity contribution in [3.05, 3.63) is 24.0 Å². The maximum absolute atomic E-state index is 4.34. The molecule has 3 nitrogen and oxygen atoms in total. The molecule has 0 radical (unpaired) electrons. The topological polar surface area (TPSA) is 28.2 Å². The summed E-state index contributed by atoms with van der Waals surface area (Å²) in [6, 6.07) is 4.19. The molecular formula is C12H19N3. The van der Waals surface area contributed by atoms with Crippen LogP contribution in [-0.4, -0.2) is 31.7 Å². The standard InChI is InChI=1S/C12H19N3/c1-10-12(4-3-6-14-10)15-7-5-11(9-15)8-13-2/h3-4,6,11,13H,5,7-9H2,1-2H3. The first-order valence-corrected chi connectivity index (χ1v) is 5.62. The zero-order chi connectivity index (χ0) is 10.7. The number of rotatable bonds is 3. The van der Waals surface area contributed by atoms with E-state index in [1.165, 1.54) is 18.7 Å². The van der Waals surface area contributed by atoms with Gasteiger partial charge in [-0.1, -0.05) is 0 Å². The van der Waals surface area contributed by atoms with Crippen LogP contribution in [-0.2, 0) is 0 Å². The summed E-state index contributed by atoms with van der Waals surface area (Å²) in [6.07, 6.45) is 3.15. The lowest BCUT2D eigenvalue weighted by Crippen LogP contribution is -2.24. The number of aryl methyl sites for hydroxylation is 1. The van der Waals surface area contributed by atoms with Crippen LogP contribution in [0.4, 0.5) is 5.69 Å². The maximum Gasteiger partial charge on any atom is 0.0605 e. The highest BCUT2D eigenvalue weighted by atomic mass is 15.2. The van der Waals surface area contributed by atoms with Gasteiger partial charge in [-0.05, 0) is 45.0 Å². The molecule has 2 rings (SSSR count). The fraction of sp³-hybridized carbons (Fsp3) is 0.583. The molecule has 1 aliphatic rings. The first-order chi connectivity index (χ1) is 7.31. The van der Waals surface area contributed by atoms with Crippen LogP contribution in [0.15, 0.2) is 18.3 Å². The summed E-state index contributed by atoms with van der Waals surface area (Å²) < 4.78 is 0. The van der Waals surface area contributed by atoms with Crippen molar-refractivity contribution in [3.8, 4) is 0 Å². The van der Waals surface area contributed by atoms with Gasteiger partial charge in [0.1, 0.15) is 0 Å². The Hall–Kier alpha value is -1.09. The number of aromatic nitrogens is 1. The summed E-state index contributed by atoms with van der Waals surface area (Å²) in [5, 5.41) is 3.25. The molecule has 1 fully saturated rings. The lowest BCUT2D eigenvalue weighted by atomic mass is 10.1. The number of pyridine rings is 1. The van der Waals surface area contributed by atoms with Gasteiger partial charge in [-0.15, -0.1) is 0 Å². The molecule has 1 aromatic rings. The number of hydrogen-bond donors (Lipinski definition) is 1. The zero-order valence-corrected chi connectivity index (χ0v) is 9.53. The minimum absolute atomic E-state index is 0.787. The second-order valence-electron chi connectivity index (χ2n) is 4.27. The van der Waals surface area contributed by atoms with E-state index in [0.717, 1.165) is 24.7 Å². The molecule has 0 bridgehead atoms. The third kappa shape index (κ3) is 2.29. The summed E-state index contributed by atoms with van der Waals surface area (Å²) in [4.78, 5) is 6.79. The Balaban J connectivity index is 2.04. The molecule has 0 saturated carbocycles. The first-order valence-electron chi connectivity index (χ1n) is 5.62. The molecule has 1 atom stereocenters. The molecular weight excluding hydrogens is 186 g/mol. The average molecular weight is 205 g/mol. The largest absolute Gasteiger partial charge is 0.370 e. The average Bonchev–Trinajstić information content (AvgIpc) is 2.68. The smallest absolute Gasteiger partial charge is 0.0605 e. The minimum Gasteiger partial charge on any atom is -0.370 e. The Kier molecular flexibility index (Phi) is 3.21. The summed E-state index contributed by atoms with van der Waals surface area (Å²) in [5.41, 5.74) is 2.44. The predicted molar refractivity (Wildman–Crippen MR) is 63.2 cm³/mol. The van der Waals surface area contributed by atoms with Crippen molar-refractivity contribution in [2.24, 2.45) is 5.92 Å². The summed E-state index contributed by atoms with van der Waals surface area (Å²) in [6.45, 7) is 5.53. The number of nitrogens with one attached hydrogen (secondary N) is 1. The summed E-state index contributed by atoms with van der Waals surface area (Å²) in [5.74, 6) is 0.787. The number of hydrogen-bond acceptors (Lipinski definition) is 3. The molecule has 82 valence electrons. The summed E-state index contributed by atoms with van der Waals surface area (Å²) in [7, 11) is 2.03. The van der Waals surface area contributed by atoms with Crippen LogP contribution in [0, 0.1) is 12.8 Å². The minimum atomic E-state index is 0.787. The Morgan fingerprint density at radius 2 is 2.47 bits per heavy atom. The van der Waals surface area contributed by atoms with Gasteiger partial charge in [0.15, 0.2) is 0 Å². The van der Waals surface area contributed by atoms with Gasteiger partial charge in [-0.25, -0.2) is 0 Å². The van der Waals surface area contributed by atoms with Crippen molar-refractivity contribution < 1.29 is 0 Å². The Morgan fingerprint density at radius 3 is 3.20 bits per heavy atom. The van der Waals surface area contributed by atoms with E-state index in [0.29, 0.717) is 0 Å². The molecule has 2 heterocycles. The van der Waals surface area contributed by atoms with Gasteiger partial charge in [0, 0.05) is 19.3 Å². The van der Waals surface area contributed by atoms with E-state index in [-0.39, 0.29) is 0 Å². The molecule has 15 heavy (non-hydrogen) atoms. The molecule has 0 spiro atoms. The fourth-order valence-electron chi connectivity index (χ4n) is 2.32. The van der Waals surface area contributed by atoms with Gasteiger partial charge in [-0.3, -0.25) is 4.98 Å². The highest BCUT2D eigenvalue weighted by molar-refractivity contribution is 5.50. The van der Waals surface area contributed by atoms with Crippen LogP contribution in [0.3, 0.4) is 0 Å². The molecule has 1 N–H and O–H groups in total. The van der Waals surface area contributed by atoms with Gasteiger partial charge in [0.2, 0.25) is 0 Å². The molecule has 1 aliphatic heterocycles. The van der Waals surface area contributed by atoms with Gasteiger partial charge in [-0.2, -0.15) is 0 Å². The number of nitrogens with zero attached hydrogens (tertiary/aromatic N) is 2. The SMILES string of the molecule is CNCC1CCN(c2cccnc2C)C1. The van der Waals surface area contributed by atoms with Crippen LogP contribution in [0.25, 0.3) is 0 Å². The molecule has 3 heteroatoms. The Morgan fingerprint density at radius 1 is 1.60 bits per heavy atom. The molecule has 0 aromatic carbocycles. The quantitative estimate of drug-likeness (QED) is 0.809. The van der Waals surface area contributed by atoms with Crippen molar-refractivity contribution in [2.75, 3.05) is 31.6 Å². The lowest BCUT2D eigenvalue weighted by molar-refractivity contribution is 0.549. The second-order valence-corrected chi connectivity index (χ2v) is 4.27. The Labute approximate surface area is 91.5 Å². The monoisotopic (exact) mass is 205 g/mol. The molecule has 1 aromatic heterocycles. The molecule has 1 unspecified atom stereocenters. The highest BCUT2D eigenvalue weighted by Gasteiger charge is 2.22. The van der Waals surface area contributed by atoms with Gasteiger partial charge in [0.05, 0.1) is 11.4 Å². The first kappa shape index (κ1) is 10.4. The van der Waals surface area contributed by atoms with E-state index in [1.54, 1.807) is 0 Å². The van der Waals surface area contributed by atoms with E-state index in [1.807, 2.05) is 19.3 Å². The van der Waals surface area contributed by atoms with Crippen molar-refractivity contribution in [2.45, 2.75) is 13.3 Å². The van der Waals surface area contributed by atoms with Crippen molar-refractivity contribution >= 4 is 5.69 Å². The second kappa shape index (κ2) is 4.62.